The second-order valence-electron chi connectivity index (χ2n) is 9.18. The molecule has 1 saturated heterocycles. The number of rotatable bonds is 3. The van der Waals surface area contributed by atoms with Crippen LogP contribution in [0.25, 0.3) is 22.2 Å². The highest BCUT2D eigenvalue weighted by atomic mass is 19.4. The van der Waals surface area contributed by atoms with E-state index < -0.39 is 17.7 Å². The molecule has 0 saturated carbocycles. The zero-order valence-electron chi connectivity index (χ0n) is 18.4. The highest BCUT2D eigenvalue weighted by Gasteiger charge is 2.57. The number of H-pyrrole nitrogens is 1. The van der Waals surface area contributed by atoms with Gasteiger partial charge in [0.1, 0.15) is 5.65 Å². The van der Waals surface area contributed by atoms with Gasteiger partial charge in [0, 0.05) is 42.5 Å². The van der Waals surface area contributed by atoms with E-state index in [1.54, 1.807) is 6.20 Å². The van der Waals surface area contributed by atoms with Crippen molar-refractivity contribution in [2.75, 3.05) is 6.54 Å². The van der Waals surface area contributed by atoms with E-state index in [0.717, 1.165) is 68.7 Å². The predicted octanol–water partition coefficient (Wildman–Crippen LogP) is 4.12. The number of aliphatic hydroxyl groups is 1. The highest BCUT2D eigenvalue weighted by Crippen LogP contribution is 2.40. The number of hydrogen-bond acceptors (Lipinski definition) is 4. The Morgan fingerprint density at radius 1 is 1.21 bits per heavy atom. The summed E-state index contributed by atoms with van der Waals surface area (Å²) in [7, 11) is 0. The summed E-state index contributed by atoms with van der Waals surface area (Å²) < 4.78 is 39.9. The van der Waals surface area contributed by atoms with Crippen LogP contribution in [0.3, 0.4) is 0 Å². The van der Waals surface area contributed by atoms with E-state index in [2.05, 4.69) is 21.4 Å². The van der Waals surface area contributed by atoms with Crippen LogP contribution in [-0.4, -0.2) is 44.2 Å². The third-order valence-corrected chi connectivity index (χ3v) is 6.85. The number of aromatic amines is 1. The molecule has 6 nitrogen and oxygen atoms in total. The fraction of sp³-hybridized carbons (Fsp3) is 0.417. The first-order valence-electron chi connectivity index (χ1n) is 11.0. The fourth-order valence-corrected chi connectivity index (χ4v) is 4.84. The molecule has 0 spiro atoms. The van der Waals surface area contributed by atoms with Crippen molar-refractivity contribution in [1.82, 2.24) is 20.2 Å². The van der Waals surface area contributed by atoms with Crippen molar-refractivity contribution >= 4 is 16.9 Å². The maximum Gasteiger partial charge on any atom is 0.426 e. The van der Waals surface area contributed by atoms with Crippen LogP contribution in [0.2, 0.25) is 0 Å². The number of alkyl halides is 3. The van der Waals surface area contributed by atoms with E-state index in [1.807, 2.05) is 25.3 Å². The summed E-state index contributed by atoms with van der Waals surface area (Å²) in [5.74, 6) is -1.33. The van der Waals surface area contributed by atoms with Gasteiger partial charge in [0.15, 0.2) is 0 Å². The first-order valence-corrected chi connectivity index (χ1v) is 11.0. The second kappa shape index (κ2) is 7.56. The van der Waals surface area contributed by atoms with Gasteiger partial charge in [-0.2, -0.15) is 13.2 Å². The predicted molar refractivity (Wildman–Crippen MR) is 117 cm³/mol. The van der Waals surface area contributed by atoms with E-state index in [1.165, 1.54) is 0 Å². The summed E-state index contributed by atoms with van der Waals surface area (Å²) in [4.78, 5) is 21.4. The molecule has 0 unspecified atom stereocenters. The minimum Gasteiger partial charge on any atom is -0.373 e. The van der Waals surface area contributed by atoms with Crippen LogP contribution in [-0.2, 0) is 17.9 Å². The van der Waals surface area contributed by atoms with E-state index in [4.69, 9.17) is 0 Å². The molecule has 5 rings (SSSR count). The first kappa shape index (κ1) is 21.9. The van der Waals surface area contributed by atoms with Crippen LogP contribution in [0, 0.1) is 6.92 Å². The molecular formula is C24H25F3N4O2. The summed E-state index contributed by atoms with van der Waals surface area (Å²) >= 11 is 0. The lowest BCUT2D eigenvalue weighted by atomic mass is 9.91. The van der Waals surface area contributed by atoms with E-state index >= 15 is 0 Å². The summed E-state index contributed by atoms with van der Waals surface area (Å²) in [5.41, 5.74) is 2.90. The summed E-state index contributed by atoms with van der Waals surface area (Å²) in [5, 5.41) is 14.4. The molecule has 33 heavy (non-hydrogen) atoms. The van der Waals surface area contributed by atoms with Crippen LogP contribution < -0.4 is 5.32 Å². The van der Waals surface area contributed by atoms with Gasteiger partial charge in [-0.3, -0.25) is 4.79 Å². The van der Waals surface area contributed by atoms with Crippen molar-refractivity contribution in [3.8, 4) is 11.1 Å². The average molecular weight is 458 g/mol. The van der Waals surface area contributed by atoms with Gasteiger partial charge in [-0.15, -0.1) is 0 Å². The number of amides is 1. The standard InChI is InChI=1S/C24H25F3N4O2/c1-13-9-29-21-17(13)8-15(10-30-21)14-6-16-11-31(22(32)23(2,33)24(25,26)27)12-19(16)18(7-14)20-4-3-5-28-20/h6-10,20,28,33H,3-5,11-12H2,1-2H3,(H,29,30)/t20-,23+/m0/s1. The molecule has 2 atom stereocenters. The van der Waals surface area contributed by atoms with Crippen molar-refractivity contribution < 1.29 is 23.1 Å². The number of carbonyl (C=O) groups is 1. The van der Waals surface area contributed by atoms with E-state index in [-0.39, 0.29) is 19.1 Å². The Morgan fingerprint density at radius 3 is 2.70 bits per heavy atom. The number of halogens is 3. The number of hydrogen-bond donors (Lipinski definition) is 3. The van der Waals surface area contributed by atoms with Crippen LogP contribution in [0.5, 0.6) is 0 Å². The Balaban J connectivity index is 1.56. The summed E-state index contributed by atoms with van der Waals surface area (Å²) in [6.45, 7) is 3.44. The minimum absolute atomic E-state index is 0.0206. The third-order valence-electron chi connectivity index (χ3n) is 6.85. The molecule has 1 aromatic carbocycles. The molecule has 9 heteroatoms. The maximum absolute atomic E-state index is 13.3. The lowest BCUT2D eigenvalue weighted by Crippen LogP contribution is -2.54. The monoisotopic (exact) mass is 458 g/mol. The zero-order valence-corrected chi connectivity index (χ0v) is 18.4. The van der Waals surface area contributed by atoms with Gasteiger partial charge in [0.2, 0.25) is 5.60 Å². The van der Waals surface area contributed by atoms with Crippen LogP contribution in [0.1, 0.15) is 48.1 Å². The molecule has 1 amide bonds. The number of pyridine rings is 1. The molecule has 0 radical (unpaired) electrons. The normalized spacial score (nSPS) is 20.3. The quantitative estimate of drug-likeness (QED) is 0.552. The number of fused-ring (bicyclic) bond motifs is 2. The van der Waals surface area contributed by atoms with Crippen LogP contribution in [0.15, 0.2) is 30.6 Å². The molecule has 174 valence electrons. The molecule has 0 bridgehead atoms. The van der Waals surface area contributed by atoms with Gasteiger partial charge in [-0.1, -0.05) is 0 Å². The fourth-order valence-electron chi connectivity index (χ4n) is 4.84. The summed E-state index contributed by atoms with van der Waals surface area (Å²) in [6.07, 6.45) is 0.547. The minimum atomic E-state index is -5.05. The Bertz CT molecular complexity index is 1240. The smallest absolute Gasteiger partial charge is 0.373 e. The first-order chi connectivity index (χ1) is 15.6. The van der Waals surface area contributed by atoms with Crippen molar-refractivity contribution in [2.45, 2.75) is 57.6 Å². The number of benzene rings is 1. The average Bonchev–Trinajstić information content (AvgIpc) is 3.51. The van der Waals surface area contributed by atoms with E-state index in [0.29, 0.717) is 6.92 Å². The second-order valence-corrected chi connectivity index (χ2v) is 9.18. The van der Waals surface area contributed by atoms with Crippen molar-refractivity contribution in [3.63, 3.8) is 0 Å². The Hall–Kier alpha value is -2.91. The lowest BCUT2D eigenvalue weighted by Gasteiger charge is -2.29. The lowest BCUT2D eigenvalue weighted by molar-refractivity contribution is -0.250. The number of aromatic nitrogens is 2. The molecule has 0 aliphatic carbocycles. The summed E-state index contributed by atoms with van der Waals surface area (Å²) in [6, 6.07) is 6.10. The molecular weight excluding hydrogens is 433 g/mol. The van der Waals surface area contributed by atoms with Gasteiger partial charge < -0.3 is 20.3 Å². The molecule has 2 aromatic heterocycles. The maximum atomic E-state index is 13.3. The topological polar surface area (TPSA) is 81.2 Å². The Kier molecular flexibility index (Phi) is 5.02. The van der Waals surface area contributed by atoms with E-state index in [9.17, 15) is 23.1 Å². The number of nitrogens with zero attached hydrogens (tertiary/aromatic N) is 2. The van der Waals surface area contributed by atoms with Crippen molar-refractivity contribution in [2.24, 2.45) is 0 Å². The molecule has 2 aliphatic rings. The highest BCUT2D eigenvalue weighted by molar-refractivity contribution is 5.87. The Morgan fingerprint density at radius 2 is 2.00 bits per heavy atom. The molecule has 2 aliphatic heterocycles. The van der Waals surface area contributed by atoms with Crippen LogP contribution in [0.4, 0.5) is 13.2 Å². The van der Waals surface area contributed by atoms with Gasteiger partial charge in [-0.25, -0.2) is 4.98 Å². The largest absolute Gasteiger partial charge is 0.426 e. The molecule has 3 N–H and O–H groups in total. The van der Waals surface area contributed by atoms with Gasteiger partial charge in [0.25, 0.3) is 5.91 Å². The third kappa shape index (κ3) is 3.59. The van der Waals surface area contributed by atoms with Crippen molar-refractivity contribution in [3.05, 3.63) is 52.8 Å². The molecule has 4 heterocycles. The number of nitrogens with one attached hydrogen (secondary N) is 2. The van der Waals surface area contributed by atoms with Crippen molar-refractivity contribution in [1.29, 1.82) is 0 Å². The SMILES string of the molecule is Cc1c[nH]c2ncc(-c3cc4c(c([C@@H]5CCCN5)c3)CN(C(=O)[C@@](C)(O)C(F)(F)F)C4)cc12. The molecule has 3 aromatic rings. The zero-order chi connectivity index (χ0) is 23.5. The van der Waals surface area contributed by atoms with Gasteiger partial charge >= 0.3 is 6.18 Å². The van der Waals surface area contributed by atoms with Crippen LogP contribution >= 0.6 is 0 Å². The number of aryl methyl sites for hydroxylation is 1. The van der Waals surface area contributed by atoms with Gasteiger partial charge in [0.05, 0.1) is 0 Å². The van der Waals surface area contributed by atoms with Gasteiger partial charge in [-0.05, 0) is 79.3 Å². The number of carbonyl (C=O) groups excluding carboxylic acids is 1. The Labute approximate surface area is 188 Å². The molecule has 1 fully saturated rings.